The van der Waals surface area contributed by atoms with Crippen LogP contribution in [-0.4, -0.2) is 32.8 Å². The second-order valence-corrected chi connectivity index (χ2v) is 13.2. The Labute approximate surface area is 226 Å². The number of carboxylic acids is 1. The minimum Gasteiger partial charge on any atom is -0.478 e. The van der Waals surface area contributed by atoms with Gasteiger partial charge in [0.25, 0.3) is 0 Å². The third kappa shape index (κ3) is 4.49. The van der Waals surface area contributed by atoms with Gasteiger partial charge in [-0.1, -0.05) is 31.9 Å². The van der Waals surface area contributed by atoms with Crippen molar-refractivity contribution in [1.29, 1.82) is 0 Å². The number of aromatic nitrogens is 1. The van der Waals surface area contributed by atoms with Gasteiger partial charge < -0.3 is 20.1 Å². The number of carbonyl (C=O) groups excluding carboxylic acids is 1. The number of aliphatic hydroxyl groups excluding tert-OH is 1. The minimum absolute atomic E-state index is 0.0264. The van der Waals surface area contributed by atoms with Gasteiger partial charge in [-0.15, -0.1) is 0 Å². The van der Waals surface area contributed by atoms with E-state index in [0.717, 1.165) is 37.6 Å². The molecule has 1 amide bonds. The maximum atomic E-state index is 12.8. The molecule has 0 radical (unpaired) electrons. The first-order valence-corrected chi connectivity index (χ1v) is 14.4. The Kier molecular flexibility index (Phi) is 7.00. The van der Waals surface area contributed by atoms with E-state index in [9.17, 15) is 19.8 Å². The predicted octanol–water partition coefficient (Wildman–Crippen LogP) is 6.93. The molecule has 3 N–H and O–H groups in total. The topological polar surface area (TPSA) is 91.6 Å². The summed E-state index contributed by atoms with van der Waals surface area (Å²) >= 11 is 0. The van der Waals surface area contributed by atoms with Crippen molar-refractivity contribution >= 4 is 28.5 Å². The van der Waals surface area contributed by atoms with Crippen LogP contribution in [0.15, 0.2) is 35.5 Å². The Morgan fingerprint density at radius 1 is 1.13 bits per heavy atom. The molecule has 0 spiro atoms. The lowest BCUT2D eigenvalue weighted by Crippen LogP contribution is -2.56. The molecular weight excluding hydrogens is 476 g/mol. The Bertz CT molecular complexity index is 1290. The van der Waals surface area contributed by atoms with E-state index >= 15 is 0 Å². The first-order valence-electron chi connectivity index (χ1n) is 14.4. The van der Waals surface area contributed by atoms with Gasteiger partial charge in [-0.3, -0.25) is 4.79 Å². The molecule has 0 saturated heterocycles. The van der Waals surface area contributed by atoms with Crippen LogP contribution in [0, 0.1) is 28.6 Å². The van der Waals surface area contributed by atoms with E-state index < -0.39 is 5.97 Å². The highest BCUT2D eigenvalue weighted by Crippen LogP contribution is 2.64. The number of aliphatic hydroxyl groups is 1. The monoisotopic (exact) mass is 520 g/mol. The highest BCUT2D eigenvalue weighted by atomic mass is 16.4. The Hall–Kier alpha value is -2.60. The predicted molar refractivity (Wildman–Crippen MR) is 151 cm³/mol. The number of anilines is 1. The summed E-state index contributed by atoms with van der Waals surface area (Å²) in [6.45, 7) is 9.36. The fourth-order valence-corrected chi connectivity index (χ4v) is 8.73. The molecule has 2 fully saturated rings. The lowest BCUT2D eigenvalue weighted by atomic mass is 9.43. The van der Waals surface area contributed by atoms with E-state index in [1.807, 2.05) is 19.2 Å². The molecule has 0 bridgehead atoms. The largest absolute Gasteiger partial charge is 0.478 e. The SMILES string of the molecule is CC1=C(CCCC(=O)Nc2ccc3c(c2)c(C(=O)O)cn3C)[C@@H]2CC[C@H]3C(C)(C)[C@@H](O)CC[C@]3(C)[C@H]2CC1. The molecule has 38 heavy (non-hydrogen) atoms. The molecule has 3 aliphatic carbocycles. The summed E-state index contributed by atoms with van der Waals surface area (Å²) in [5.41, 5.74) is 5.08. The number of aryl methyl sites for hydroxylation is 1. The number of nitrogens with zero attached hydrogens (tertiary/aromatic N) is 1. The minimum atomic E-state index is -0.968. The molecule has 5 atom stereocenters. The Morgan fingerprint density at radius 2 is 1.89 bits per heavy atom. The Morgan fingerprint density at radius 3 is 2.63 bits per heavy atom. The van der Waals surface area contributed by atoms with Crippen LogP contribution < -0.4 is 5.32 Å². The van der Waals surface area contributed by atoms with Gasteiger partial charge in [0.15, 0.2) is 0 Å². The van der Waals surface area contributed by atoms with Gasteiger partial charge in [-0.05, 0) is 105 Å². The van der Waals surface area contributed by atoms with Crippen LogP contribution in [-0.2, 0) is 11.8 Å². The van der Waals surface area contributed by atoms with Crippen molar-refractivity contribution < 1.29 is 19.8 Å². The molecule has 3 aliphatic rings. The quantitative estimate of drug-likeness (QED) is 0.360. The lowest BCUT2D eigenvalue weighted by molar-refractivity contribution is -0.149. The summed E-state index contributed by atoms with van der Waals surface area (Å²) in [6, 6.07) is 5.46. The number of fused-ring (bicyclic) bond motifs is 4. The van der Waals surface area contributed by atoms with Gasteiger partial charge >= 0.3 is 5.97 Å². The second kappa shape index (κ2) is 9.86. The summed E-state index contributed by atoms with van der Waals surface area (Å²) in [5, 5.41) is 23.9. The van der Waals surface area contributed by atoms with E-state index in [-0.39, 0.29) is 28.4 Å². The van der Waals surface area contributed by atoms with E-state index in [0.29, 0.717) is 35.2 Å². The summed E-state index contributed by atoms with van der Waals surface area (Å²) < 4.78 is 1.79. The second-order valence-electron chi connectivity index (χ2n) is 13.2. The van der Waals surface area contributed by atoms with E-state index in [1.165, 1.54) is 24.8 Å². The smallest absolute Gasteiger partial charge is 0.337 e. The molecule has 0 unspecified atom stereocenters. The standard InChI is InChI=1S/C32H44N2O4/c1-19-9-12-25-22(11-14-27-31(2,3)28(35)15-16-32(25,27)4)21(19)7-6-8-29(36)33-20-10-13-26-23(17-20)24(30(37)38)18-34(26)5/h10,13,17-18,22,25,27-28,35H,6-9,11-12,14-16H2,1-5H3,(H,33,36)(H,37,38)/t22-,25-,27-,28-,32+/m0/s1. The number of hydrogen-bond acceptors (Lipinski definition) is 3. The molecule has 2 saturated carbocycles. The number of benzene rings is 1. The van der Waals surface area contributed by atoms with Crippen molar-refractivity contribution in [1.82, 2.24) is 4.57 Å². The van der Waals surface area contributed by atoms with Crippen molar-refractivity contribution in [2.45, 2.75) is 91.6 Å². The molecular formula is C32H44N2O4. The fourth-order valence-electron chi connectivity index (χ4n) is 8.73. The normalized spacial score (nSPS) is 30.6. The van der Waals surface area contributed by atoms with Crippen molar-refractivity contribution in [2.24, 2.45) is 35.6 Å². The number of nitrogens with one attached hydrogen (secondary N) is 1. The molecule has 1 aromatic carbocycles. The van der Waals surface area contributed by atoms with Crippen molar-refractivity contribution in [3.05, 3.63) is 41.1 Å². The van der Waals surface area contributed by atoms with Gasteiger partial charge in [0.1, 0.15) is 0 Å². The number of carboxylic acid groups (broad SMARTS) is 1. The van der Waals surface area contributed by atoms with Crippen LogP contribution in [0.4, 0.5) is 5.69 Å². The van der Waals surface area contributed by atoms with Gasteiger partial charge in [0.05, 0.1) is 11.7 Å². The number of carbonyl (C=O) groups is 2. The van der Waals surface area contributed by atoms with Crippen molar-refractivity contribution in [2.75, 3.05) is 5.32 Å². The first-order chi connectivity index (χ1) is 17.9. The van der Waals surface area contributed by atoms with E-state index in [2.05, 4.69) is 33.0 Å². The number of rotatable bonds is 6. The number of allylic oxidation sites excluding steroid dienone is 2. The molecule has 0 aliphatic heterocycles. The molecule has 1 aromatic heterocycles. The molecule has 6 heteroatoms. The lowest BCUT2D eigenvalue weighted by Gasteiger charge is -2.62. The molecule has 2 aromatic rings. The van der Waals surface area contributed by atoms with Crippen molar-refractivity contribution in [3.63, 3.8) is 0 Å². The average Bonchev–Trinajstić information content (AvgIpc) is 3.19. The highest BCUT2D eigenvalue weighted by Gasteiger charge is 2.58. The summed E-state index contributed by atoms with van der Waals surface area (Å²) in [7, 11) is 1.82. The van der Waals surface area contributed by atoms with Crippen LogP contribution in [0.5, 0.6) is 0 Å². The number of hydrogen-bond donors (Lipinski definition) is 3. The molecule has 206 valence electrons. The third-order valence-electron chi connectivity index (χ3n) is 10.8. The van der Waals surface area contributed by atoms with Crippen LogP contribution in [0.2, 0.25) is 0 Å². The summed E-state index contributed by atoms with van der Waals surface area (Å²) in [6.07, 6.45) is 10.4. The fraction of sp³-hybridized carbons (Fsp3) is 0.625. The summed E-state index contributed by atoms with van der Waals surface area (Å²) in [4.78, 5) is 24.5. The maximum absolute atomic E-state index is 12.8. The zero-order valence-corrected chi connectivity index (χ0v) is 23.6. The first kappa shape index (κ1) is 27.0. The van der Waals surface area contributed by atoms with Crippen LogP contribution in [0.25, 0.3) is 10.9 Å². The van der Waals surface area contributed by atoms with Crippen LogP contribution in [0.3, 0.4) is 0 Å². The van der Waals surface area contributed by atoms with Crippen LogP contribution >= 0.6 is 0 Å². The van der Waals surface area contributed by atoms with Gasteiger partial charge in [-0.25, -0.2) is 4.79 Å². The van der Waals surface area contributed by atoms with Gasteiger partial charge in [0.2, 0.25) is 5.91 Å². The van der Waals surface area contributed by atoms with Gasteiger partial charge in [0, 0.05) is 36.3 Å². The molecule has 1 heterocycles. The average molecular weight is 521 g/mol. The molecule has 6 nitrogen and oxygen atoms in total. The molecule has 5 rings (SSSR count). The maximum Gasteiger partial charge on any atom is 0.337 e. The zero-order chi connectivity index (χ0) is 27.4. The summed E-state index contributed by atoms with van der Waals surface area (Å²) in [5.74, 6) is 0.843. The van der Waals surface area contributed by atoms with Crippen LogP contribution in [0.1, 0.15) is 95.8 Å². The number of amides is 1. The third-order valence-corrected chi connectivity index (χ3v) is 10.8. The van der Waals surface area contributed by atoms with Gasteiger partial charge in [-0.2, -0.15) is 0 Å². The highest BCUT2D eigenvalue weighted by molar-refractivity contribution is 6.05. The zero-order valence-electron chi connectivity index (χ0n) is 23.6. The number of aromatic carboxylic acids is 1. The van der Waals surface area contributed by atoms with E-state index in [4.69, 9.17) is 0 Å². The Balaban J connectivity index is 1.23. The van der Waals surface area contributed by atoms with E-state index in [1.54, 1.807) is 22.4 Å². The van der Waals surface area contributed by atoms with Crippen molar-refractivity contribution in [3.8, 4) is 0 Å².